The number of benzene rings is 2. The van der Waals surface area contributed by atoms with Gasteiger partial charge in [-0.1, -0.05) is 42.5 Å². The smallest absolute Gasteiger partial charge is 0.191 e. The monoisotopic (exact) mass is 385 g/mol. The van der Waals surface area contributed by atoms with Gasteiger partial charge in [0.15, 0.2) is 5.96 Å². The molecular weight excluding hydrogens is 354 g/mol. The molecule has 0 aliphatic rings. The zero-order chi connectivity index (χ0) is 19.9. The highest BCUT2D eigenvalue weighted by Crippen LogP contribution is 2.14. The fourth-order valence-corrected chi connectivity index (χ4v) is 2.57. The van der Waals surface area contributed by atoms with Crippen LogP contribution in [-0.4, -0.2) is 46.5 Å². The summed E-state index contributed by atoms with van der Waals surface area (Å²) in [5.74, 6) is 1.64. The Bertz CT molecular complexity index is 692. The number of ether oxygens (including phenoxy) is 3. The first-order valence-corrected chi connectivity index (χ1v) is 9.59. The molecule has 28 heavy (non-hydrogen) atoms. The molecule has 0 aliphatic heterocycles. The minimum absolute atomic E-state index is 0.534. The van der Waals surface area contributed by atoms with Gasteiger partial charge in [-0.05, 0) is 29.7 Å². The SMILES string of the molecule is CN=C(NCCCOCCOC)NCc1ccccc1COc1ccccc1. The van der Waals surface area contributed by atoms with Crippen LogP contribution in [0.15, 0.2) is 59.6 Å². The first-order chi connectivity index (χ1) is 13.8. The molecule has 0 radical (unpaired) electrons. The van der Waals surface area contributed by atoms with Crippen LogP contribution in [0.4, 0.5) is 0 Å². The van der Waals surface area contributed by atoms with Gasteiger partial charge in [0.25, 0.3) is 0 Å². The molecule has 0 bridgehead atoms. The molecule has 0 saturated heterocycles. The Kier molecular flexibility index (Phi) is 10.5. The maximum absolute atomic E-state index is 5.89. The summed E-state index contributed by atoms with van der Waals surface area (Å²) in [6, 6.07) is 18.1. The van der Waals surface area contributed by atoms with Gasteiger partial charge in [0.2, 0.25) is 0 Å². The summed E-state index contributed by atoms with van der Waals surface area (Å²) in [5, 5.41) is 6.66. The zero-order valence-corrected chi connectivity index (χ0v) is 16.8. The predicted octanol–water partition coefficient (Wildman–Crippen LogP) is 2.98. The van der Waals surface area contributed by atoms with Crippen molar-refractivity contribution in [1.82, 2.24) is 10.6 Å². The largest absolute Gasteiger partial charge is 0.489 e. The van der Waals surface area contributed by atoms with Gasteiger partial charge in [-0.25, -0.2) is 0 Å². The number of nitrogens with one attached hydrogen (secondary N) is 2. The molecule has 152 valence electrons. The fourth-order valence-electron chi connectivity index (χ4n) is 2.57. The van der Waals surface area contributed by atoms with E-state index in [-0.39, 0.29) is 0 Å². The summed E-state index contributed by atoms with van der Waals surface area (Å²) >= 11 is 0. The first-order valence-electron chi connectivity index (χ1n) is 9.59. The summed E-state index contributed by atoms with van der Waals surface area (Å²) in [7, 11) is 3.45. The van der Waals surface area contributed by atoms with Gasteiger partial charge in [-0.3, -0.25) is 4.99 Å². The molecule has 2 N–H and O–H groups in total. The normalized spacial score (nSPS) is 11.3. The van der Waals surface area contributed by atoms with Crippen molar-refractivity contribution >= 4 is 5.96 Å². The van der Waals surface area contributed by atoms with E-state index in [4.69, 9.17) is 14.2 Å². The van der Waals surface area contributed by atoms with Gasteiger partial charge in [0.05, 0.1) is 13.2 Å². The highest BCUT2D eigenvalue weighted by atomic mass is 16.5. The van der Waals surface area contributed by atoms with Crippen LogP contribution in [0, 0.1) is 0 Å². The molecule has 0 saturated carbocycles. The maximum Gasteiger partial charge on any atom is 0.191 e. The van der Waals surface area contributed by atoms with Gasteiger partial charge >= 0.3 is 0 Å². The number of guanidine groups is 1. The standard InChI is InChI=1S/C22H31N3O3/c1-23-22(24-13-8-14-27-16-15-26-2)25-17-19-9-6-7-10-20(19)18-28-21-11-4-3-5-12-21/h3-7,9-12H,8,13-18H2,1-2H3,(H2,23,24,25). The quantitative estimate of drug-likeness (QED) is 0.334. The molecule has 2 aromatic carbocycles. The Morgan fingerprint density at radius 2 is 1.64 bits per heavy atom. The van der Waals surface area contributed by atoms with Crippen molar-refractivity contribution in [2.24, 2.45) is 4.99 Å². The number of para-hydroxylation sites is 1. The first kappa shape index (κ1) is 21.7. The molecule has 0 atom stereocenters. The van der Waals surface area contributed by atoms with E-state index in [1.165, 1.54) is 5.56 Å². The Balaban J connectivity index is 1.74. The summed E-state index contributed by atoms with van der Waals surface area (Å²) in [6.07, 6.45) is 0.909. The minimum Gasteiger partial charge on any atom is -0.489 e. The highest BCUT2D eigenvalue weighted by Gasteiger charge is 2.04. The lowest BCUT2D eigenvalue weighted by atomic mass is 10.1. The lowest BCUT2D eigenvalue weighted by molar-refractivity contribution is 0.0698. The van der Waals surface area contributed by atoms with E-state index in [1.807, 2.05) is 42.5 Å². The van der Waals surface area contributed by atoms with E-state index in [1.54, 1.807) is 14.2 Å². The van der Waals surface area contributed by atoms with Gasteiger partial charge in [-0.15, -0.1) is 0 Å². The lowest BCUT2D eigenvalue weighted by Gasteiger charge is -2.15. The van der Waals surface area contributed by atoms with Crippen LogP contribution in [0.5, 0.6) is 5.75 Å². The van der Waals surface area contributed by atoms with Gasteiger partial charge in [-0.2, -0.15) is 0 Å². The summed E-state index contributed by atoms with van der Waals surface area (Å²) in [6.45, 7) is 3.97. The minimum atomic E-state index is 0.534. The van der Waals surface area contributed by atoms with Gasteiger partial charge in [0, 0.05) is 33.9 Å². The molecule has 0 amide bonds. The van der Waals surface area contributed by atoms with Crippen LogP contribution in [0.25, 0.3) is 0 Å². The van der Waals surface area contributed by atoms with Crippen LogP contribution >= 0.6 is 0 Å². The average molecular weight is 386 g/mol. The third-order valence-electron chi connectivity index (χ3n) is 4.12. The second-order valence-electron chi connectivity index (χ2n) is 6.18. The fraction of sp³-hybridized carbons (Fsp3) is 0.409. The number of aliphatic imine (C=N–C) groups is 1. The zero-order valence-electron chi connectivity index (χ0n) is 16.8. The Hall–Kier alpha value is -2.57. The van der Waals surface area contributed by atoms with Gasteiger partial charge in [0.1, 0.15) is 12.4 Å². The van der Waals surface area contributed by atoms with Crippen molar-refractivity contribution in [1.29, 1.82) is 0 Å². The van der Waals surface area contributed by atoms with Crippen LogP contribution in [0.3, 0.4) is 0 Å². The van der Waals surface area contributed by atoms with E-state index < -0.39 is 0 Å². The molecule has 0 fully saturated rings. The highest BCUT2D eigenvalue weighted by molar-refractivity contribution is 5.79. The predicted molar refractivity (Wildman–Crippen MR) is 113 cm³/mol. The second kappa shape index (κ2) is 13.6. The lowest BCUT2D eigenvalue weighted by Crippen LogP contribution is -2.37. The summed E-state index contributed by atoms with van der Waals surface area (Å²) < 4.78 is 16.3. The molecule has 0 heterocycles. The number of rotatable bonds is 12. The van der Waals surface area contributed by atoms with Crippen LogP contribution < -0.4 is 15.4 Å². The molecular formula is C22H31N3O3. The second-order valence-corrected chi connectivity index (χ2v) is 6.18. The van der Waals surface area contributed by atoms with Crippen molar-refractivity contribution in [2.75, 3.05) is 40.5 Å². The third kappa shape index (κ3) is 8.41. The molecule has 6 heteroatoms. The summed E-state index contributed by atoms with van der Waals surface area (Å²) in [5.41, 5.74) is 2.34. The molecule has 2 rings (SSSR count). The Morgan fingerprint density at radius 3 is 2.39 bits per heavy atom. The molecule has 2 aromatic rings. The van der Waals surface area contributed by atoms with E-state index in [2.05, 4.69) is 27.8 Å². The number of hydrogen-bond acceptors (Lipinski definition) is 4. The number of methoxy groups -OCH3 is 1. The van der Waals surface area contributed by atoms with Crippen LogP contribution in [0.2, 0.25) is 0 Å². The average Bonchev–Trinajstić information content (AvgIpc) is 2.75. The van der Waals surface area contributed by atoms with Gasteiger partial charge < -0.3 is 24.8 Å². The van der Waals surface area contributed by atoms with Crippen molar-refractivity contribution in [2.45, 2.75) is 19.6 Å². The Labute approximate surface area is 167 Å². The topological polar surface area (TPSA) is 64.1 Å². The number of hydrogen-bond donors (Lipinski definition) is 2. The van der Waals surface area contributed by atoms with E-state index >= 15 is 0 Å². The van der Waals surface area contributed by atoms with Crippen molar-refractivity contribution < 1.29 is 14.2 Å². The molecule has 0 aliphatic carbocycles. The van der Waals surface area contributed by atoms with Crippen LogP contribution in [0.1, 0.15) is 17.5 Å². The molecule has 0 unspecified atom stereocenters. The molecule has 0 aromatic heterocycles. The van der Waals surface area contributed by atoms with E-state index in [0.29, 0.717) is 33.0 Å². The van der Waals surface area contributed by atoms with E-state index in [0.717, 1.165) is 30.2 Å². The number of nitrogens with zero attached hydrogens (tertiary/aromatic N) is 1. The maximum atomic E-state index is 5.89. The van der Waals surface area contributed by atoms with Crippen molar-refractivity contribution in [3.05, 3.63) is 65.7 Å². The summed E-state index contributed by atoms with van der Waals surface area (Å²) in [4.78, 5) is 4.28. The van der Waals surface area contributed by atoms with Crippen LogP contribution in [-0.2, 0) is 22.6 Å². The molecule has 6 nitrogen and oxygen atoms in total. The van der Waals surface area contributed by atoms with E-state index in [9.17, 15) is 0 Å². The third-order valence-corrected chi connectivity index (χ3v) is 4.12. The Morgan fingerprint density at radius 1 is 0.893 bits per heavy atom. The van der Waals surface area contributed by atoms with Crippen molar-refractivity contribution in [3.8, 4) is 5.75 Å². The molecule has 0 spiro atoms. The van der Waals surface area contributed by atoms with Crippen molar-refractivity contribution in [3.63, 3.8) is 0 Å².